The highest BCUT2D eigenvalue weighted by Gasteiger charge is 2.15. The second kappa shape index (κ2) is 6.14. The summed E-state index contributed by atoms with van der Waals surface area (Å²) in [5.74, 6) is -0.326. The van der Waals surface area contributed by atoms with E-state index < -0.39 is 10.8 Å². The van der Waals surface area contributed by atoms with E-state index in [0.717, 1.165) is 0 Å². The Morgan fingerprint density at radius 3 is 2.81 bits per heavy atom. The Balaban J connectivity index is 2.31. The smallest absolute Gasteiger partial charge is 0.276 e. The van der Waals surface area contributed by atoms with Gasteiger partial charge in [-0.1, -0.05) is 11.6 Å². The van der Waals surface area contributed by atoms with Crippen LogP contribution < -0.4 is 10.1 Å². The lowest BCUT2D eigenvalue weighted by Crippen LogP contribution is -2.15. The predicted molar refractivity (Wildman–Crippen MR) is 74.6 cm³/mol. The van der Waals surface area contributed by atoms with Gasteiger partial charge in [0.2, 0.25) is 0 Å². The van der Waals surface area contributed by atoms with Gasteiger partial charge in [0, 0.05) is 12.1 Å². The topological polar surface area (TPSA) is 107 Å². The third kappa shape index (κ3) is 3.42. The minimum absolute atomic E-state index is 0.0175. The van der Waals surface area contributed by atoms with Crippen molar-refractivity contribution in [2.24, 2.45) is 0 Å². The van der Waals surface area contributed by atoms with E-state index in [9.17, 15) is 14.9 Å². The number of nitrogens with one attached hydrogen (secondary N) is 1. The summed E-state index contributed by atoms with van der Waals surface area (Å²) in [6, 6.07) is 3.85. The monoisotopic (exact) mass is 308 g/mol. The molecule has 0 unspecified atom stereocenters. The molecule has 108 valence electrons. The quantitative estimate of drug-likeness (QED) is 0.686. The standard InChI is InChI=1S/C12H9ClN4O4/c1-21-10-3-2-7(17(19)20)4-8(10)16-12(18)9-5-14-6-11(13)15-9/h2-6H,1H3,(H,16,18). The molecule has 1 N–H and O–H groups in total. The molecule has 1 heterocycles. The second-order valence-corrected chi connectivity index (χ2v) is 4.21. The van der Waals surface area contributed by atoms with Crippen molar-refractivity contribution < 1.29 is 14.5 Å². The zero-order valence-corrected chi connectivity index (χ0v) is 11.5. The zero-order chi connectivity index (χ0) is 15.4. The first-order valence-corrected chi connectivity index (χ1v) is 6.00. The van der Waals surface area contributed by atoms with E-state index in [2.05, 4.69) is 15.3 Å². The number of hydrogen-bond donors (Lipinski definition) is 1. The molecule has 1 aromatic carbocycles. The highest BCUT2D eigenvalue weighted by Crippen LogP contribution is 2.29. The van der Waals surface area contributed by atoms with Crippen LogP contribution in [0.25, 0.3) is 0 Å². The van der Waals surface area contributed by atoms with Gasteiger partial charge in [-0.25, -0.2) is 4.98 Å². The van der Waals surface area contributed by atoms with Crippen molar-refractivity contribution >= 4 is 28.9 Å². The van der Waals surface area contributed by atoms with Gasteiger partial charge >= 0.3 is 0 Å². The molecule has 1 aromatic heterocycles. The van der Waals surface area contributed by atoms with Crippen molar-refractivity contribution in [3.05, 3.63) is 51.6 Å². The minimum atomic E-state index is -0.608. The van der Waals surface area contributed by atoms with Gasteiger partial charge in [-0.2, -0.15) is 0 Å². The summed E-state index contributed by atoms with van der Waals surface area (Å²) >= 11 is 5.65. The van der Waals surface area contributed by atoms with Crippen LogP contribution in [0.3, 0.4) is 0 Å². The second-order valence-electron chi connectivity index (χ2n) is 3.82. The van der Waals surface area contributed by atoms with Crippen LogP contribution in [0, 0.1) is 10.1 Å². The van der Waals surface area contributed by atoms with Crippen molar-refractivity contribution in [2.45, 2.75) is 0 Å². The van der Waals surface area contributed by atoms with Crippen molar-refractivity contribution in [1.29, 1.82) is 0 Å². The Labute approximate surface area is 123 Å². The average molecular weight is 309 g/mol. The van der Waals surface area contributed by atoms with Gasteiger partial charge in [0.25, 0.3) is 11.6 Å². The van der Waals surface area contributed by atoms with E-state index >= 15 is 0 Å². The van der Waals surface area contributed by atoms with Gasteiger partial charge in [0.05, 0.1) is 30.1 Å². The van der Waals surface area contributed by atoms with Gasteiger partial charge in [0.15, 0.2) is 0 Å². The van der Waals surface area contributed by atoms with E-state index in [1.54, 1.807) is 0 Å². The Kier molecular flexibility index (Phi) is 4.29. The molecule has 2 aromatic rings. The van der Waals surface area contributed by atoms with Gasteiger partial charge < -0.3 is 10.1 Å². The summed E-state index contributed by atoms with van der Waals surface area (Å²) in [6.45, 7) is 0. The summed E-state index contributed by atoms with van der Waals surface area (Å²) < 4.78 is 5.04. The Hall–Kier alpha value is -2.74. The SMILES string of the molecule is COc1ccc([N+](=O)[O-])cc1NC(=O)c1cncc(Cl)n1. The maximum Gasteiger partial charge on any atom is 0.276 e. The van der Waals surface area contributed by atoms with Crippen LogP contribution >= 0.6 is 11.6 Å². The lowest BCUT2D eigenvalue weighted by atomic mass is 10.2. The van der Waals surface area contributed by atoms with E-state index in [1.165, 1.54) is 37.7 Å². The van der Waals surface area contributed by atoms with Crippen LogP contribution in [-0.4, -0.2) is 27.9 Å². The number of benzene rings is 1. The van der Waals surface area contributed by atoms with E-state index in [1.807, 2.05) is 0 Å². The molecule has 21 heavy (non-hydrogen) atoms. The van der Waals surface area contributed by atoms with Crippen molar-refractivity contribution in [3.8, 4) is 5.75 Å². The molecular weight excluding hydrogens is 300 g/mol. The number of nitro benzene ring substituents is 1. The van der Waals surface area contributed by atoms with E-state index in [-0.39, 0.29) is 28.0 Å². The molecule has 0 aliphatic rings. The third-order valence-corrected chi connectivity index (χ3v) is 2.66. The first kappa shape index (κ1) is 14.7. The molecule has 0 bridgehead atoms. The number of non-ortho nitro benzene ring substituents is 1. The van der Waals surface area contributed by atoms with Crippen LogP contribution in [0.5, 0.6) is 5.75 Å². The predicted octanol–water partition coefficient (Wildman–Crippen LogP) is 2.30. The number of halogens is 1. The van der Waals surface area contributed by atoms with Crippen LogP contribution in [0.2, 0.25) is 5.15 Å². The Bertz CT molecular complexity index is 707. The fraction of sp³-hybridized carbons (Fsp3) is 0.0833. The van der Waals surface area contributed by atoms with Crippen molar-refractivity contribution in [3.63, 3.8) is 0 Å². The molecule has 2 rings (SSSR count). The lowest BCUT2D eigenvalue weighted by Gasteiger charge is -2.09. The number of rotatable bonds is 4. The van der Waals surface area contributed by atoms with Crippen LogP contribution in [0.4, 0.5) is 11.4 Å². The number of nitrogens with zero attached hydrogens (tertiary/aromatic N) is 3. The van der Waals surface area contributed by atoms with Crippen LogP contribution in [-0.2, 0) is 0 Å². The Morgan fingerprint density at radius 2 is 2.19 bits per heavy atom. The number of methoxy groups -OCH3 is 1. The number of aromatic nitrogens is 2. The number of carbonyl (C=O) groups is 1. The fourth-order valence-corrected chi connectivity index (χ4v) is 1.69. The highest BCUT2D eigenvalue weighted by molar-refractivity contribution is 6.29. The number of amides is 1. The average Bonchev–Trinajstić information content (AvgIpc) is 2.47. The molecule has 0 spiro atoms. The lowest BCUT2D eigenvalue weighted by molar-refractivity contribution is -0.384. The normalized spacial score (nSPS) is 10.0. The highest BCUT2D eigenvalue weighted by atomic mass is 35.5. The molecule has 0 aliphatic carbocycles. The number of anilines is 1. The number of hydrogen-bond acceptors (Lipinski definition) is 6. The minimum Gasteiger partial charge on any atom is -0.495 e. The molecule has 0 saturated heterocycles. The molecule has 1 amide bonds. The fourth-order valence-electron chi connectivity index (χ4n) is 1.55. The largest absolute Gasteiger partial charge is 0.495 e. The van der Waals surface area contributed by atoms with Gasteiger partial charge in [-0.05, 0) is 6.07 Å². The van der Waals surface area contributed by atoms with Crippen LogP contribution in [0.1, 0.15) is 10.5 Å². The number of ether oxygens (including phenoxy) is 1. The molecule has 0 atom stereocenters. The first-order chi connectivity index (χ1) is 10.0. The summed E-state index contributed by atoms with van der Waals surface area (Å²) in [5, 5.41) is 13.3. The summed E-state index contributed by atoms with van der Waals surface area (Å²) in [4.78, 5) is 29.7. The molecular formula is C12H9ClN4O4. The molecule has 0 fully saturated rings. The molecule has 0 aliphatic heterocycles. The summed E-state index contributed by atoms with van der Waals surface area (Å²) in [6.07, 6.45) is 2.51. The number of nitro groups is 1. The van der Waals surface area contributed by atoms with Crippen molar-refractivity contribution in [2.75, 3.05) is 12.4 Å². The Morgan fingerprint density at radius 1 is 1.43 bits per heavy atom. The third-order valence-electron chi connectivity index (χ3n) is 2.48. The van der Waals surface area contributed by atoms with E-state index in [0.29, 0.717) is 0 Å². The number of carbonyl (C=O) groups excluding carboxylic acids is 1. The molecule has 0 saturated carbocycles. The van der Waals surface area contributed by atoms with Crippen molar-refractivity contribution in [1.82, 2.24) is 9.97 Å². The van der Waals surface area contributed by atoms with Gasteiger partial charge in [-0.15, -0.1) is 0 Å². The molecule has 9 heteroatoms. The first-order valence-electron chi connectivity index (χ1n) is 5.62. The van der Waals surface area contributed by atoms with Crippen LogP contribution in [0.15, 0.2) is 30.6 Å². The molecule has 8 nitrogen and oxygen atoms in total. The van der Waals surface area contributed by atoms with Gasteiger partial charge in [-0.3, -0.25) is 19.9 Å². The zero-order valence-electron chi connectivity index (χ0n) is 10.7. The summed E-state index contributed by atoms with van der Waals surface area (Å²) in [5.41, 5.74) is -0.0437. The maximum absolute atomic E-state index is 12.0. The summed E-state index contributed by atoms with van der Waals surface area (Å²) in [7, 11) is 1.38. The maximum atomic E-state index is 12.0. The molecule has 0 radical (unpaired) electrons. The van der Waals surface area contributed by atoms with Gasteiger partial charge in [0.1, 0.15) is 16.6 Å². The van der Waals surface area contributed by atoms with E-state index in [4.69, 9.17) is 16.3 Å².